The SMILES string of the molecule is C=CC[C@]1(C)CN2CC[C@H](c3cccc(F)c3)N2C1=O. The quantitative estimate of drug-likeness (QED) is 0.791. The lowest BCUT2D eigenvalue weighted by Crippen LogP contribution is -2.36. The minimum Gasteiger partial charge on any atom is -0.273 e. The Morgan fingerprint density at radius 3 is 3.05 bits per heavy atom. The second-order valence-corrected chi connectivity index (χ2v) is 5.95. The van der Waals surface area contributed by atoms with Crippen molar-refractivity contribution in [3.8, 4) is 0 Å². The van der Waals surface area contributed by atoms with Gasteiger partial charge in [-0.05, 0) is 37.5 Å². The summed E-state index contributed by atoms with van der Waals surface area (Å²) in [6, 6.07) is 6.53. The number of amides is 1. The van der Waals surface area contributed by atoms with Crippen LogP contribution in [0.15, 0.2) is 36.9 Å². The van der Waals surface area contributed by atoms with Crippen LogP contribution in [0.25, 0.3) is 0 Å². The van der Waals surface area contributed by atoms with Gasteiger partial charge in [-0.25, -0.2) is 9.40 Å². The van der Waals surface area contributed by atoms with E-state index in [0.717, 1.165) is 25.1 Å². The maximum Gasteiger partial charge on any atom is 0.245 e. The monoisotopic (exact) mass is 274 g/mol. The molecule has 2 fully saturated rings. The van der Waals surface area contributed by atoms with Crippen molar-refractivity contribution >= 4 is 5.91 Å². The van der Waals surface area contributed by atoms with Gasteiger partial charge in [0.1, 0.15) is 5.82 Å². The zero-order valence-corrected chi connectivity index (χ0v) is 11.7. The molecule has 2 atom stereocenters. The summed E-state index contributed by atoms with van der Waals surface area (Å²) >= 11 is 0. The van der Waals surface area contributed by atoms with E-state index in [2.05, 4.69) is 11.6 Å². The molecule has 1 amide bonds. The molecule has 2 saturated heterocycles. The number of hydrazine groups is 1. The molecule has 3 rings (SSSR count). The largest absolute Gasteiger partial charge is 0.273 e. The Morgan fingerprint density at radius 2 is 2.35 bits per heavy atom. The van der Waals surface area contributed by atoms with Gasteiger partial charge in [0.2, 0.25) is 5.91 Å². The molecule has 0 radical (unpaired) electrons. The minimum absolute atomic E-state index is 0.0372. The van der Waals surface area contributed by atoms with Crippen molar-refractivity contribution < 1.29 is 9.18 Å². The fraction of sp³-hybridized carbons (Fsp3) is 0.438. The molecule has 2 aliphatic heterocycles. The van der Waals surface area contributed by atoms with Gasteiger partial charge in [0.15, 0.2) is 0 Å². The van der Waals surface area contributed by atoms with Gasteiger partial charge in [-0.1, -0.05) is 18.2 Å². The number of carbonyl (C=O) groups is 1. The van der Waals surface area contributed by atoms with Crippen molar-refractivity contribution in [1.82, 2.24) is 10.0 Å². The molecule has 2 aliphatic rings. The van der Waals surface area contributed by atoms with Crippen LogP contribution in [0.2, 0.25) is 0 Å². The van der Waals surface area contributed by atoms with E-state index in [9.17, 15) is 9.18 Å². The number of nitrogens with zero attached hydrogens (tertiary/aromatic N) is 2. The number of hydrogen-bond donors (Lipinski definition) is 0. The molecule has 0 spiro atoms. The lowest BCUT2D eigenvalue weighted by Gasteiger charge is -2.26. The van der Waals surface area contributed by atoms with Crippen molar-refractivity contribution in [3.63, 3.8) is 0 Å². The third-order valence-electron chi connectivity index (χ3n) is 4.34. The molecule has 0 bridgehead atoms. The average molecular weight is 274 g/mol. The lowest BCUT2D eigenvalue weighted by atomic mass is 9.86. The summed E-state index contributed by atoms with van der Waals surface area (Å²) in [7, 11) is 0. The first kappa shape index (κ1) is 13.3. The highest BCUT2D eigenvalue weighted by Gasteiger charge is 2.52. The number of allylic oxidation sites excluding steroid dienone is 1. The summed E-state index contributed by atoms with van der Waals surface area (Å²) in [5, 5.41) is 3.93. The van der Waals surface area contributed by atoms with Crippen LogP contribution in [0.1, 0.15) is 31.4 Å². The van der Waals surface area contributed by atoms with Crippen LogP contribution in [0.4, 0.5) is 4.39 Å². The van der Waals surface area contributed by atoms with Crippen LogP contribution >= 0.6 is 0 Å². The first-order valence-corrected chi connectivity index (χ1v) is 7.00. The maximum absolute atomic E-state index is 13.4. The van der Waals surface area contributed by atoms with E-state index in [4.69, 9.17) is 0 Å². The first-order valence-electron chi connectivity index (χ1n) is 7.00. The topological polar surface area (TPSA) is 23.6 Å². The van der Waals surface area contributed by atoms with Crippen LogP contribution in [0.5, 0.6) is 0 Å². The van der Waals surface area contributed by atoms with Crippen molar-refractivity contribution in [2.45, 2.75) is 25.8 Å². The summed E-state index contributed by atoms with van der Waals surface area (Å²) in [6.45, 7) is 7.30. The van der Waals surface area contributed by atoms with E-state index in [1.807, 2.05) is 18.0 Å². The zero-order chi connectivity index (χ0) is 14.3. The summed E-state index contributed by atoms with van der Waals surface area (Å²) in [5.41, 5.74) is 0.483. The van der Waals surface area contributed by atoms with E-state index >= 15 is 0 Å². The fourth-order valence-corrected chi connectivity index (χ4v) is 3.36. The van der Waals surface area contributed by atoms with Gasteiger partial charge in [-0.2, -0.15) is 0 Å². The van der Waals surface area contributed by atoms with Crippen molar-refractivity contribution in [3.05, 3.63) is 48.3 Å². The standard InChI is InChI=1S/C16H19FN2O/c1-3-8-16(2)11-18-9-7-14(19(18)15(16)20)12-5-4-6-13(17)10-12/h3-6,10,14H,1,7-9,11H2,2H3/t14-,16-/m1/s1. The number of hydrogen-bond acceptors (Lipinski definition) is 2. The molecular formula is C16H19FN2O. The Balaban J connectivity index is 1.90. The predicted molar refractivity (Wildman–Crippen MR) is 75.1 cm³/mol. The average Bonchev–Trinajstić information content (AvgIpc) is 2.90. The maximum atomic E-state index is 13.4. The molecule has 1 aromatic carbocycles. The highest BCUT2D eigenvalue weighted by molar-refractivity contribution is 5.85. The van der Waals surface area contributed by atoms with Gasteiger partial charge in [-0.15, -0.1) is 6.58 Å². The smallest absolute Gasteiger partial charge is 0.245 e. The highest BCUT2D eigenvalue weighted by Crippen LogP contribution is 2.43. The third-order valence-corrected chi connectivity index (χ3v) is 4.34. The number of fused-ring (bicyclic) bond motifs is 1. The second kappa shape index (κ2) is 4.70. The van der Waals surface area contributed by atoms with Crippen LogP contribution in [0.3, 0.4) is 0 Å². The Labute approximate surface area is 118 Å². The number of halogens is 1. The number of carbonyl (C=O) groups excluding carboxylic acids is 1. The Kier molecular flexibility index (Phi) is 3.13. The molecule has 106 valence electrons. The molecule has 0 aliphatic carbocycles. The molecule has 20 heavy (non-hydrogen) atoms. The normalized spacial score (nSPS) is 29.8. The predicted octanol–water partition coefficient (Wildman–Crippen LogP) is 2.91. The van der Waals surface area contributed by atoms with Gasteiger partial charge in [0.05, 0.1) is 11.5 Å². The minimum atomic E-state index is -0.395. The Morgan fingerprint density at radius 1 is 1.55 bits per heavy atom. The molecule has 4 heteroatoms. The van der Waals surface area contributed by atoms with Gasteiger partial charge >= 0.3 is 0 Å². The molecular weight excluding hydrogens is 255 g/mol. The summed E-state index contributed by atoms with van der Waals surface area (Å²) in [6.07, 6.45) is 3.34. The molecule has 3 nitrogen and oxygen atoms in total. The summed E-state index contributed by atoms with van der Waals surface area (Å²) in [4.78, 5) is 12.7. The van der Waals surface area contributed by atoms with E-state index in [1.165, 1.54) is 12.1 Å². The van der Waals surface area contributed by atoms with Gasteiger partial charge in [-0.3, -0.25) is 9.80 Å². The van der Waals surface area contributed by atoms with Crippen molar-refractivity contribution in [2.75, 3.05) is 13.1 Å². The zero-order valence-electron chi connectivity index (χ0n) is 11.7. The molecule has 0 N–H and O–H groups in total. The molecule has 2 heterocycles. The number of benzene rings is 1. The van der Waals surface area contributed by atoms with E-state index in [0.29, 0.717) is 6.42 Å². The van der Waals surface area contributed by atoms with Crippen molar-refractivity contribution in [1.29, 1.82) is 0 Å². The van der Waals surface area contributed by atoms with E-state index < -0.39 is 5.41 Å². The van der Waals surface area contributed by atoms with Crippen LogP contribution in [-0.4, -0.2) is 29.0 Å². The van der Waals surface area contributed by atoms with Gasteiger partial charge < -0.3 is 0 Å². The third kappa shape index (κ3) is 1.95. The molecule has 0 unspecified atom stereocenters. The lowest BCUT2D eigenvalue weighted by molar-refractivity contribution is -0.142. The summed E-state index contributed by atoms with van der Waals surface area (Å²) < 4.78 is 13.4. The fourth-order valence-electron chi connectivity index (χ4n) is 3.36. The molecule has 0 saturated carbocycles. The summed E-state index contributed by atoms with van der Waals surface area (Å²) in [5.74, 6) is -0.120. The highest BCUT2D eigenvalue weighted by atomic mass is 19.1. The van der Waals surface area contributed by atoms with Gasteiger partial charge in [0.25, 0.3) is 0 Å². The van der Waals surface area contributed by atoms with Crippen LogP contribution in [-0.2, 0) is 4.79 Å². The Hall–Kier alpha value is -1.68. The molecule has 1 aromatic rings. The van der Waals surface area contributed by atoms with E-state index in [-0.39, 0.29) is 17.8 Å². The van der Waals surface area contributed by atoms with Crippen molar-refractivity contribution in [2.24, 2.45) is 5.41 Å². The van der Waals surface area contributed by atoms with Gasteiger partial charge in [0, 0.05) is 13.1 Å². The first-order chi connectivity index (χ1) is 9.55. The van der Waals surface area contributed by atoms with Crippen LogP contribution < -0.4 is 0 Å². The van der Waals surface area contributed by atoms with E-state index in [1.54, 1.807) is 12.1 Å². The Bertz CT molecular complexity index is 559. The second-order valence-electron chi connectivity index (χ2n) is 5.95. The van der Waals surface area contributed by atoms with Crippen LogP contribution in [0, 0.1) is 11.2 Å². The molecule has 0 aromatic heterocycles. The number of rotatable bonds is 3.